The van der Waals surface area contributed by atoms with Crippen molar-refractivity contribution in [3.63, 3.8) is 0 Å². The molecule has 3 aromatic rings. The number of hydrogen-bond acceptors (Lipinski definition) is 5. The van der Waals surface area contributed by atoms with Crippen LogP contribution in [0, 0.1) is 0 Å². The summed E-state index contributed by atoms with van der Waals surface area (Å²) >= 11 is 6.14. The molecule has 1 heterocycles. The molecule has 9 heteroatoms. The molecule has 0 aliphatic carbocycles. The molecule has 1 aliphatic rings. The van der Waals surface area contributed by atoms with Gasteiger partial charge in [0.05, 0.1) is 22.5 Å². The number of aryl methyl sites for hydroxylation is 1. The second-order valence-corrected chi connectivity index (χ2v) is 10.2. The summed E-state index contributed by atoms with van der Waals surface area (Å²) in [5, 5.41) is 15.8. The first-order valence-electron chi connectivity index (χ1n) is 12.0. The van der Waals surface area contributed by atoms with Crippen LogP contribution in [-0.4, -0.2) is 35.5 Å². The van der Waals surface area contributed by atoms with Crippen LogP contribution in [0.15, 0.2) is 66.7 Å². The number of rotatable bonds is 8. The Bertz CT molecular complexity index is 1420. The predicted octanol–water partition coefficient (Wildman–Crippen LogP) is 4.99. The fourth-order valence-corrected chi connectivity index (χ4v) is 4.40. The molecule has 0 spiro atoms. The fourth-order valence-electron chi connectivity index (χ4n) is 4.22. The van der Waals surface area contributed by atoms with Crippen LogP contribution in [0.1, 0.15) is 37.0 Å². The van der Waals surface area contributed by atoms with Gasteiger partial charge in [-0.05, 0) is 67.8 Å². The van der Waals surface area contributed by atoms with Gasteiger partial charge in [-0.3, -0.25) is 14.4 Å². The number of likely N-dealkylation sites (N-methyl/N-ethyl adjacent to an activating group) is 1. The number of nitrogens with two attached hydrogens (primary N) is 1. The van der Waals surface area contributed by atoms with Crippen molar-refractivity contribution in [2.45, 2.75) is 32.2 Å². The number of carboxylic acids is 1. The number of nitrogens with zero attached hydrogens (tertiary/aromatic N) is 1. The molecule has 0 fully saturated rings. The number of aliphatic carboxylic acids is 1. The lowest BCUT2D eigenvalue weighted by atomic mass is 9.98. The topological polar surface area (TPSA) is 125 Å². The largest absolute Gasteiger partial charge is 0.481 e. The Morgan fingerprint density at radius 2 is 1.71 bits per heavy atom. The number of carboxylic acid groups (broad SMARTS) is 1. The van der Waals surface area contributed by atoms with Crippen molar-refractivity contribution in [3.8, 4) is 0 Å². The lowest BCUT2D eigenvalue weighted by Crippen LogP contribution is -2.49. The summed E-state index contributed by atoms with van der Waals surface area (Å²) < 4.78 is 0. The van der Waals surface area contributed by atoms with Gasteiger partial charge in [-0.25, -0.2) is 0 Å². The van der Waals surface area contributed by atoms with E-state index in [1.165, 1.54) is 4.90 Å². The van der Waals surface area contributed by atoms with Crippen LogP contribution in [0.3, 0.4) is 0 Å². The standard InChI is InChI=1S/C29H29ClN4O4/c1-29(2,31)28(38)34(3)21-12-10-20(11-13-21)32-26(18-7-4-17(5-8-18)6-15-24(35)36)25-22-14-9-19(30)16-23(22)33-27(25)37/h4-5,7-14,16,32H,6,15,31H2,1-3H3,(H,33,37)(H,35,36)/b26-25-. The maximum Gasteiger partial charge on any atom is 0.303 e. The second kappa shape index (κ2) is 10.7. The van der Waals surface area contributed by atoms with Crippen LogP contribution in [0.4, 0.5) is 17.1 Å². The molecule has 0 saturated heterocycles. The number of halogens is 1. The highest BCUT2D eigenvalue weighted by Crippen LogP contribution is 2.39. The molecule has 0 bridgehead atoms. The number of hydrogen-bond donors (Lipinski definition) is 4. The molecule has 3 aromatic carbocycles. The van der Waals surface area contributed by atoms with Gasteiger partial charge in [0.1, 0.15) is 0 Å². The van der Waals surface area contributed by atoms with Gasteiger partial charge in [0.25, 0.3) is 5.91 Å². The summed E-state index contributed by atoms with van der Waals surface area (Å²) in [6.45, 7) is 3.32. The number of nitrogens with one attached hydrogen (secondary N) is 2. The Balaban J connectivity index is 1.72. The van der Waals surface area contributed by atoms with Gasteiger partial charge >= 0.3 is 5.97 Å². The lowest BCUT2D eigenvalue weighted by Gasteiger charge is -2.26. The normalized spacial score (nSPS) is 14.0. The van der Waals surface area contributed by atoms with E-state index in [-0.39, 0.29) is 18.2 Å². The third-order valence-corrected chi connectivity index (χ3v) is 6.46. The molecule has 0 radical (unpaired) electrons. The molecule has 0 atom stereocenters. The number of fused-ring (bicyclic) bond motifs is 1. The fraction of sp³-hybridized carbons (Fsp3) is 0.207. The van der Waals surface area contributed by atoms with Gasteiger partial charge in [-0.1, -0.05) is 41.9 Å². The van der Waals surface area contributed by atoms with Crippen LogP contribution in [0.25, 0.3) is 11.3 Å². The van der Waals surface area contributed by atoms with E-state index in [1.807, 2.05) is 36.4 Å². The van der Waals surface area contributed by atoms with Crippen LogP contribution in [0.2, 0.25) is 5.02 Å². The summed E-state index contributed by atoms with van der Waals surface area (Å²) in [7, 11) is 1.67. The van der Waals surface area contributed by atoms with Gasteiger partial charge in [-0.2, -0.15) is 0 Å². The summed E-state index contributed by atoms with van der Waals surface area (Å²) in [5.74, 6) is -1.35. The number of carbonyl (C=O) groups excluding carboxylic acids is 2. The van der Waals surface area contributed by atoms with Gasteiger partial charge in [-0.15, -0.1) is 0 Å². The molecule has 4 rings (SSSR count). The van der Waals surface area contributed by atoms with E-state index in [2.05, 4.69) is 10.6 Å². The molecular weight excluding hydrogens is 504 g/mol. The molecule has 2 amide bonds. The summed E-state index contributed by atoms with van der Waals surface area (Å²) in [6.07, 6.45) is 0.441. The highest BCUT2D eigenvalue weighted by molar-refractivity contribution is 6.38. The van der Waals surface area contributed by atoms with E-state index in [0.29, 0.717) is 45.3 Å². The zero-order valence-corrected chi connectivity index (χ0v) is 22.1. The molecule has 0 aromatic heterocycles. The van der Waals surface area contributed by atoms with Crippen LogP contribution in [-0.2, 0) is 20.8 Å². The van der Waals surface area contributed by atoms with Crippen molar-refractivity contribution >= 4 is 57.7 Å². The molecule has 196 valence electrons. The molecule has 0 unspecified atom stereocenters. The Labute approximate surface area is 226 Å². The molecule has 38 heavy (non-hydrogen) atoms. The number of carbonyl (C=O) groups is 3. The van der Waals surface area contributed by atoms with Gasteiger partial charge in [0, 0.05) is 35.4 Å². The minimum Gasteiger partial charge on any atom is -0.481 e. The summed E-state index contributed by atoms with van der Waals surface area (Å²) in [6, 6.07) is 19.9. The van der Waals surface area contributed by atoms with Crippen molar-refractivity contribution < 1.29 is 19.5 Å². The Morgan fingerprint density at radius 3 is 2.32 bits per heavy atom. The van der Waals surface area contributed by atoms with Crippen LogP contribution >= 0.6 is 11.6 Å². The predicted molar refractivity (Wildman–Crippen MR) is 151 cm³/mol. The van der Waals surface area contributed by atoms with E-state index in [0.717, 1.165) is 11.1 Å². The third-order valence-electron chi connectivity index (χ3n) is 6.23. The second-order valence-electron chi connectivity index (χ2n) is 9.74. The molecular formula is C29H29ClN4O4. The Kier molecular flexibility index (Phi) is 7.57. The molecule has 0 saturated carbocycles. The summed E-state index contributed by atoms with van der Waals surface area (Å²) in [5.41, 5.74) is 10.3. The van der Waals surface area contributed by atoms with Crippen molar-refractivity contribution in [1.82, 2.24) is 0 Å². The van der Waals surface area contributed by atoms with E-state index < -0.39 is 11.5 Å². The minimum absolute atomic E-state index is 0.0344. The average molecular weight is 533 g/mol. The van der Waals surface area contributed by atoms with Gasteiger partial charge < -0.3 is 26.4 Å². The Hall–Kier alpha value is -4.14. The van der Waals surface area contributed by atoms with Crippen molar-refractivity contribution in [3.05, 3.63) is 88.4 Å². The van der Waals surface area contributed by atoms with Gasteiger partial charge in [0.2, 0.25) is 5.91 Å². The third kappa shape index (κ3) is 5.88. The highest BCUT2D eigenvalue weighted by atomic mass is 35.5. The SMILES string of the molecule is CN(C(=O)C(C)(C)N)c1ccc(N/C(=C2\C(=O)Nc3cc(Cl)ccc32)c2ccc(CCC(=O)O)cc2)cc1. The monoisotopic (exact) mass is 532 g/mol. The quantitative estimate of drug-likeness (QED) is 0.303. The smallest absolute Gasteiger partial charge is 0.303 e. The summed E-state index contributed by atoms with van der Waals surface area (Å²) in [4.78, 5) is 38.2. The minimum atomic E-state index is -1.01. The maximum atomic E-state index is 13.1. The molecule has 5 N–H and O–H groups in total. The highest BCUT2D eigenvalue weighted by Gasteiger charge is 2.29. The van der Waals surface area contributed by atoms with Crippen molar-refractivity contribution in [1.29, 1.82) is 0 Å². The Morgan fingerprint density at radius 1 is 1.05 bits per heavy atom. The first-order chi connectivity index (χ1) is 17.9. The number of benzene rings is 3. The zero-order chi connectivity index (χ0) is 27.6. The number of anilines is 3. The first kappa shape index (κ1) is 26.9. The van der Waals surface area contributed by atoms with Crippen LogP contribution < -0.4 is 21.3 Å². The van der Waals surface area contributed by atoms with E-state index in [9.17, 15) is 14.4 Å². The van der Waals surface area contributed by atoms with Crippen molar-refractivity contribution in [2.75, 3.05) is 22.6 Å². The van der Waals surface area contributed by atoms with E-state index >= 15 is 0 Å². The van der Waals surface area contributed by atoms with E-state index in [4.69, 9.17) is 22.4 Å². The van der Waals surface area contributed by atoms with E-state index in [1.54, 1.807) is 51.2 Å². The molecule has 1 aliphatic heterocycles. The van der Waals surface area contributed by atoms with Gasteiger partial charge in [0.15, 0.2) is 0 Å². The zero-order valence-electron chi connectivity index (χ0n) is 21.3. The molecule has 8 nitrogen and oxygen atoms in total. The van der Waals surface area contributed by atoms with Crippen LogP contribution in [0.5, 0.6) is 0 Å². The lowest BCUT2D eigenvalue weighted by molar-refractivity contribution is -0.137. The van der Waals surface area contributed by atoms with Crippen molar-refractivity contribution in [2.24, 2.45) is 5.73 Å². The first-order valence-corrected chi connectivity index (χ1v) is 12.4. The maximum absolute atomic E-state index is 13.1. The average Bonchev–Trinajstić information content (AvgIpc) is 3.19. The number of amides is 2.